The smallest absolute Gasteiger partial charge is 0.261 e. The van der Waals surface area contributed by atoms with Gasteiger partial charge in [-0.05, 0) is 48.9 Å². The molecule has 0 unspecified atom stereocenters. The lowest BCUT2D eigenvalue weighted by Crippen LogP contribution is -2.24. The fraction of sp³-hybridized carbons (Fsp3) is 0.143. The molecule has 3 nitrogen and oxygen atoms in total. The van der Waals surface area contributed by atoms with Gasteiger partial charge in [-0.1, -0.05) is 0 Å². The van der Waals surface area contributed by atoms with E-state index in [0.29, 0.717) is 5.69 Å². The first-order valence-electron chi connectivity index (χ1n) is 5.47. The molecule has 0 saturated carbocycles. The van der Waals surface area contributed by atoms with Crippen molar-refractivity contribution in [2.24, 2.45) is 7.05 Å². The standard InChI is InChI=1S/C14H12FNO2/c1-9(17)12-7-8-13(16(2)14(12)18)10-3-5-11(15)6-4-10/h3-8H,1-2H3. The summed E-state index contributed by atoms with van der Waals surface area (Å²) in [7, 11) is 1.59. The third-order valence-corrected chi connectivity index (χ3v) is 2.82. The first kappa shape index (κ1) is 12.2. The average Bonchev–Trinajstić information content (AvgIpc) is 2.33. The van der Waals surface area contributed by atoms with Gasteiger partial charge in [0.15, 0.2) is 5.78 Å². The number of hydrogen-bond acceptors (Lipinski definition) is 2. The number of carbonyl (C=O) groups excluding carboxylic acids is 1. The molecule has 0 bridgehead atoms. The largest absolute Gasteiger partial charge is 0.311 e. The maximum absolute atomic E-state index is 12.8. The number of ketones is 1. The summed E-state index contributed by atoms with van der Waals surface area (Å²) >= 11 is 0. The van der Waals surface area contributed by atoms with Crippen LogP contribution in [0.3, 0.4) is 0 Å². The Morgan fingerprint density at radius 1 is 1.11 bits per heavy atom. The van der Waals surface area contributed by atoms with Gasteiger partial charge in [0.05, 0.1) is 11.3 Å². The van der Waals surface area contributed by atoms with Crippen LogP contribution in [0.4, 0.5) is 4.39 Å². The molecule has 0 saturated heterocycles. The van der Waals surface area contributed by atoms with Gasteiger partial charge in [0, 0.05) is 7.05 Å². The highest BCUT2D eigenvalue weighted by atomic mass is 19.1. The molecule has 1 aromatic carbocycles. The number of benzene rings is 1. The van der Waals surface area contributed by atoms with Gasteiger partial charge in [-0.25, -0.2) is 4.39 Å². The number of aromatic nitrogens is 1. The fourth-order valence-electron chi connectivity index (χ4n) is 1.81. The van der Waals surface area contributed by atoms with Crippen LogP contribution in [0.15, 0.2) is 41.2 Å². The van der Waals surface area contributed by atoms with Gasteiger partial charge >= 0.3 is 0 Å². The molecule has 0 amide bonds. The molecule has 0 fully saturated rings. The van der Waals surface area contributed by atoms with Crippen molar-refractivity contribution in [2.75, 3.05) is 0 Å². The molecule has 1 aromatic heterocycles. The van der Waals surface area contributed by atoms with Crippen molar-refractivity contribution >= 4 is 5.78 Å². The van der Waals surface area contributed by atoms with Crippen molar-refractivity contribution in [3.8, 4) is 11.3 Å². The van der Waals surface area contributed by atoms with Crippen LogP contribution in [0.5, 0.6) is 0 Å². The van der Waals surface area contributed by atoms with E-state index in [9.17, 15) is 14.0 Å². The normalized spacial score (nSPS) is 10.4. The summed E-state index contributed by atoms with van der Waals surface area (Å²) in [6, 6.07) is 9.04. The van der Waals surface area contributed by atoms with Crippen LogP contribution in [-0.2, 0) is 7.05 Å². The predicted octanol–water partition coefficient (Wildman–Crippen LogP) is 2.39. The lowest BCUT2D eigenvalue weighted by Gasteiger charge is -2.09. The zero-order valence-corrected chi connectivity index (χ0v) is 10.1. The first-order valence-corrected chi connectivity index (χ1v) is 5.47. The molecule has 0 N–H and O–H groups in total. The summed E-state index contributed by atoms with van der Waals surface area (Å²) in [5.74, 6) is -0.592. The number of halogens is 1. The minimum Gasteiger partial charge on any atom is -0.311 e. The van der Waals surface area contributed by atoms with Crippen LogP contribution in [-0.4, -0.2) is 10.4 Å². The molecule has 0 spiro atoms. The van der Waals surface area contributed by atoms with E-state index in [1.165, 1.54) is 29.7 Å². The lowest BCUT2D eigenvalue weighted by molar-refractivity contribution is 0.101. The topological polar surface area (TPSA) is 39.1 Å². The molecule has 18 heavy (non-hydrogen) atoms. The maximum Gasteiger partial charge on any atom is 0.261 e. The molecule has 4 heteroatoms. The summed E-state index contributed by atoms with van der Waals surface area (Å²) in [4.78, 5) is 23.2. The fourth-order valence-corrected chi connectivity index (χ4v) is 1.81. The van der Waals surface area contributed by atoms with Crippen molar-refractivity contribution in [3.05, 3.63) is 58.1 Å². The van der Waals surface area contributed by atoms with Crippen molar-refractivity contribution in [3.63, 3.8) is 0 Å². The molecule has 0 aliphatic carbocycles. The minimum atomic E-state index is -0.343. The van der Waals surface area contributed by atoms with E-state index >= 15 is 0 Å². The highest BCUT2D eigenvalue weighted by molar-refractivity contribution is 5.93. The molecule has 0 atom stereocenters. The zero-order chi connectivity index (χ0) is 13.3. The van der Waals surface area contributed by atoms with E-state index in [-0.39, 0.29) is 22.7 Å². The second-order valence-electron chi connectivity index (χ2n) is 4.06. The Balaban J connectivity index is 2.61. The van der Waals surface area contributed by atoms with Gasteiger partial charge in [-0.15, -0.1) is 0 Å². The summed E-state index contributed by atoms with van der Waals surface area (Å²) in [6.07, 6.45) is 0. The Morgan fingerprint density at radius 2 is 1.72 bits per heavy atom. The van der Waals surface area contributed by atoms with Gasteiger partial charge in [0.1, 0.15) is 5.82 Å². The molecule has 1 heterocycles. The van der Waals surface area contributed by atoms with Crippen molar-refractivity contribution in [1.29, 1.82) is 0 Å². The van der Waals surface area contributed by atoms with Gasteiger partial charge in [-0.2, -0.15) is 0 Å². The van der Waals surface area contributed by atoms with E-state index in [4.69, 9.17) is 0 Å². The molecule has 0 aliphatic rings. The van der Waals surface area contributed by atoms with Crippen molar-refractivity contribution in [2.45, 2.75) is 6.92 Å². The van der Waals surface area contributed by atoms with Gasteiger partial charge in [-0.3, -0.25) is 9.59 Å². The van der Waals surface area contributed by atoms with Crippen molar-refractivity contribution < 1.29 is 9.18 Å². The number of hydrogen-bond donors (Lipinski definition) is 0. The van der Waals surface area contributed by atoms with E-state index in [1.807, 2.05) is 0 Å². The monoisotopic (exact) mass is 245 g/mol. The van der Waals surface area contributed by atoms with Gasteiger partial charge < -0.3 is 4.57 Å². The van der Waals surface area contributed by atoms with Crippen LogP contribution in [0.25, 0.3) is 11.3 Å². The van der Waals surface area contributed by atoms with Crippen LogP contribution < -0.4 is 5.56 Å². The Hall–Kier alpha value is -2.23. The highest BCUT2D eigenvalue weighted by Crippen LogP contribution is 2.18. The molecule has 2 aromatic rings. The van der Waals surface area contributed by atoms with Crippen LogP contribution in [0.1, 0.15) is 17.3 Å². The highest BCUT2D eigenvalue weighted by Gasteiger charge is 2.10. The zero-order valence-electron chi connectivity index (χ0n) is 10.1. The van der Waals surface area contributed by atoms with Crippen LogP contribution >= 0.6 is 0 Å². The van der Waals surface area contributed by atoms with E-state index < -0.39 is 0 Å². The number of pyridine rings is 1. The second kappa shape index (κ2) is 4.56. The summed E-state index contributed by atoms with van der Waals surface area (Å²) in [5, 5.41) is 0. The minimum absolute atomic E-state index is 0.156. The molecule has 92 valence electrons. The Kier molecular flexibility index (Phi) is 3.10. The van der Waals surface area contributed by atoms with Gasteiger partial charge in [0.25, 0.3) is 5.56 Å². The average molecular weight is 245 g/mol. The number of carbonyl (C=O) groups is 1. The third kappa shape index (κ3) is 2.09. The second-order valence-corrected chi connectivity index (χ2v) is 4.06. The number of rotatable bonds is 2. The van der Waals surface area contributed by atoms with Crippen LogP contribution in [0.2, 0.25) is 0 Å². The molecular weight excluding hydrogens is 233 g/mol. The molecule has 2 rings (SSSR count). The maximum atomic E-state index is 12.8. The molecule has 0 radical (unpaired) electrons. The number of nitrogens with zero attached hydrogens (tertiary/aromatic N) is 1. The Morgan fingerprint density at radius 3 is 2.28 bits per heavy atom. The predicted molar refractivity (Wildman–Crippen MR) is 67.1 cm³/mol. The summed E-state index contributed by atoms with van der Waals surface area (Å²) in [5.41, 5.74) is 1.18. The quantitative estimate of drug-likeness (QED) is 0.762. The van der Waals surface area contributed by atoms with Gasteiger partial charge in [0.2, 0.25) is 0 Å². The van der Waals surface area contributed by atoms with Crippen LogP contribution in [0, 0.1) is 5.82 Å². The van der Waals surface area contributed by atoms with E-state index in [0.717, 1.165) is 5.56 Å². The summed E-state index contributed by atoms with van der Waals surface area (Å²) < 4.78 is 14.2. The Labute approximate surface area is 104 Å². The molecular formula is C14H12FNO2. The Bertz CT molecular complexity index is 656. The third-order valence-electron chi connectivity index (χ3n) is 2.82. The van der Waals surface area contributed by atoms with Crippen molar-refractivity contribution in [1.82, 2.24) is 4.57 Å². The summed E-state index contributed by atoms with van der Waals surface area (Å²) in [6.45, 7) is 1.36. The van der Waals surface area contributed by atoms with E-state index in [2.05, 4.69) is 0 Å². The van der Waals surface area contributed by atoms with E-state index in [1.54, 1.807) is 25.2 Å². The number of Topliss-reactive ketones (excluding diaryl/α,β-unsaturated/α-hetero) is 1. The lowest BCUT2D eigenvalue weighted by atomic mass is 10.1. The first-order chi connectivity index (χ1) is 8.50. The molecule has 0 aliphatic heterocycles. The SMILES string of the molecule is CC(=O)c1ccc(-c2ccc(F)cc2)n(C)c1=O.